The summed E-state index contributed by atoms with van der Waals surface area (Å²) in [5, 5.41) is 7.96. The van der Waals surface area contributed by atoms with E-state index in [9.17, 15) is 4.79 Å². The molecule has 0 saturated heterocycles. The first-order valence-corrected chi connectivity index (χ1v) is 10.5. The van der Waals surface area contributed by atoms with Crippen LogP contribution >= 0.6 is 11.6 Å². The Morgan fingerprint density at radius 3 is 2.52 bits per heavy atom. The molecule has 2 aromatic carbocycles. The van der Waals surface area contributed by atoms with E-state index < -0.39 is 0 Å². The molecule has 0 bridgehead atoms. The molecule has 0 aliphatic rings. The molecule has 0 unspecified atom stereocenters. The van der Waals surface area contributed by atoms with Gasteiger partial charge in [-0.1, -0.05) is 59.6 Å². The maximum absolute atomic E-state index is 13.2. The molecule has 4 rings (SSSR count). The van der Waals surface area contributed by atoms with Gasteiger partial charge in [-0.3, -0.25) is 4.79 Å². The first kappa shape index (κ1) is 20.9. The second kappa shape index (κ2) is 9.18. The Bertz CT molecular complexity index is 1150. The van der Waals surface area contributed by atoms with Crippen molar-refractivity contribution in [1.82, 2.24) is 24.6 Å². The molecule has 0 radical (unpaired) electrons. The van der Waals surface area contributed by atoms with Gasteiger partial charge >= 0.3 is 0 Å². The minimum Gasteiger partial charge on any atom is -0.347 e. The molecule has 7 heteroatoms. The molecule has 1 amide bonds. The topological polar surface area (TPSA) is 64.7 Å². The van der Waals surface area contributed by atoms with E-state index in [1.54, 1.807) is 24.1 Å². The smallest absolute Gasteiger partial charge is 0.256 e. The Morgan fingerprint density at radius 2 is 1.84 bits per heavy atom. The van der Waals surface area contributed by atoms with Crippen molar-refractivity contribution in [3.05, 3.63) is 101 Å². The number of carbonyl (C=O) groups is 1. The molecule has 0 aliphatic heterocycles. The average Bonchev–Trinajstić information content (AvgIpc) is 3.36. The summed E-state index contributed by atoms with van der Waals surface area (Å²) in [7, 11) is 0. The lowest BCUT2D eigenvalue weighted by Crippen LogP contribution is -2.39. The molecule has 6 nitrogen and oxygen atoms in total. The zero-order valence-corrected chi connectivity index (χ0v) is 18.3. The minimum absolute atomic E-state index is 0.137. The van der Waals surface area contributed by atoms with Crippen LogP contribution in [-0.2, 0) is 13.0 Å². The minimum atomic E-state index is -0.234. The summed E-state index contributed by atoms with van der Waals surface area (Å²) in [4.78, 5) is 17.3. The fraction of sp³-hybridized carbons (Fsp3) is 0.208. The quantitative estimate of drug-likeness (QED) is 0.470. The fourth-order valence-electron chi connectivity index (χ4n) is 3.58. The number of aryl methyl sites for hydroxylation is 2. The normalized spacial score (nSPS) is 12.0. The maximum atomic E-state index is 13.2. The third kappa shape index (κ3) is 4.86. The largest absolute Gasteiger partial charge is 0.347 e. The molecule has 1 N–H and O–H groups in total. The summed E-state index contributed by atoms with van der Waals surface area (Å²) in [5.41, 5.74) is 4.09. The molecule has 0 spiro atoms. The lowest BCUT2D eigenvalue weighted by Gasteiger charge is -2.19. The number of benzene rings is 2. The molecule has 4 aromatic rings. The zero-order chi connectivity index (χ0) is 21.8. The van der Waals surface area contributed by atoms with Crippen molar-refractivity contribution >= 4 is 17.5 Å². The van der Waals surface area contributed by atoms with E-state index in [0.717, 1.165) is 16.8 Å². The van der Waals surface area contributed by atoms with Crippen LogP contribution in [0.5, 0.6) is 0 Å². The third-order valence-corrected chi connectivity index (χ3v) is 5.51. The summed E-state index contributed by atoms with van der Waals surface area (Å²) in [5.74, 6) is -0.234. The van der Waals surface area contributed by atoms with Gasteiger partial charge in [0, 0.05) is 18.9 Å². The van der Waals surface area contributed by atoms with Gasteiger partial charge < -0.3 is 9.88 Å². The van der Waals surface area contributed by atoms with E-state index in [4.69, 9.17) is 11.6 Å². The van der Waals surface area contributed by atoms with Crippen LogP contribution in [0.3, 0.4) is 0 Å². The van der Waals surface area contributed by atoms with Gasteiger partial charge in [0.25, 0.3) is 5.91 Å². The highest BCUT2D eigenvalue weighted by molar-refractivity contribution is 6.33. The van der Waals surface area contributed by atoms with E-state index in [0.29, 0.717) is 29.4 Å². The first-order chi connectivity index (χ1) is 15.0. The number of nitrogens with one attached hydrogen (secondary N) is 1. The van der Waals surface area contributed by atoms with Gasteiger partial charge in [-0.05, 0) is 38.0 Å². The number of amides is 1. The van der Waals surface area contributed by atoms with Gasteiger partial charge in [-0.25, -0.2) is 9.67 Å². The van der Waals surface area contributed by atoms with Crippen LogP contribution in [-0.4, -0.2) is 31.3 Å². The first-order valence-electron chi connectivity index (χ1n) is 10.1. The number of rotatable bonds is 7. The Hall–Kier alpha value is -3.38. The molecular weight excluding hydrogens is 410 g/mol. The van der Waals surface area contributed by atoms with Gasteiger partial charge in [0.1, 0.15) is 5.15 Å². The van der Waals surface area contributed by atoms with Gasteiger partial charge in [-0.15, -0.1) is 0 Å². The second-order valence-corrected chi connectivity index (χ2v) is 7.98. The molecule has 2 heterocycles. The predicted octanol–water partition coefficient (Wildman–Crippen LogP) is 4.38. The molecule has 1 atom stereocenters. The Morgan fingerprint density at radius 1 is 1.10 bits per heavy atom. The highest BCUT2D eigenvalue weighted by Gasteiger charge is 2.23. The summed E-state index contributed by atoms with van der Waals surface area (Å²) < 4.78 is 3.56. The van der Waals surface area contributed by atoms with Crippen LogP contribution in [0.4, 0.5) is 0 Å². The van der Waals surface area contributed by atoms with E-state index >= 15 is 0 Å². The fourth-order valence-corrected chi connectivity index (χ4v) is 3.94. The van der Waals surface area contributed by atoms with Crippen molar-refractivity contribution in [3.8, 4) is 5.69 Å². The number of hydrogen-bond acceptors (Lipinski definition) is 3. The number of halogens is 1. The van der Waals surface area contributed by atoms with Crippen LogP contribution in [0.15, 0.2) is 73.3 Å². The zero-order valence-electron chi connectivity index (χ0n) is 17.5. The number of nitrogens with zero attached hydrogens (tertiary/aromatic N) is 4. The summed E-state index contributed by atoms with van der Waals surface area (Å²) in [6.07, 6.45) is 6.05. The molecule has 0 saturated carbocycles. The molecule has 0 aliphatic carbocycles. The van der Waals surface area contributed by atoms with Gasteiger partial charge in [-0.2, -0.15) is 5.10 Å². The van der Waals surface area contributed by atoms with E-state index in [1.807, 2.05) is 60.2 Å². The van der Waals surface area contributed by atoms with Crippen molar-refractivity contribution in [2.75, 3.05) is 0 Å². The number of aromatic nitrogens is 4. The number of carbonyl (C=O) groups excluding carboxylic acids is 1. The van der Waals surface area contributed by atoms with Crippen molar-refractivity contribution in [3.63, 3.8) is 0 Å². The molecular formula is C24H24ClN5O. The lowest BCUT2D eigenvalue weighted by molar-refractivity contribution is 0.0932. The summed E-state index contributed by atoms with van der Waals surface area (Å²) in [6, 6.07) is 17.8. The van der Waals surface area contributed by atoms with Gasteiger partial charge in [0.2, 0.25) is 0 Å². The Labute approximate surface area is 186 Å². The summed E-state index contributed by atoms with van der Waals surface area (Å²) in [6.45, 7) is 4.42. The highest BCUT2D eigenvalue weighted by atomic mass is 35.5. The molecule has 0 fully saturated rings. The van der Waals surface area contributed by atoms with Crippen LogP contribution in [0, 0.1) is 13.8 Å². The molecule has 2 aromatic heterocycles. The van der Waals surface area contributed by atoms with E-state index in [-0.39, 0.29) is 11.9 Å². The van der Waals surface area contributed by atoms with Crippen LogP contribution < -0.4 is 5.32 Å². The second-order valence-electron chi connectivity index (χ2n) is 7.62. The Kier molecular flexibility index (Phi) is 6.18. The predicted molar refractivity (Wildman–Crippen MR) is 122 cm³/mol. The standard InChI is InChI=1S/C24H24ClN5O/c1-17-8-10-21(11-9-17)30-23(25)22(18(2)28-30)24(31)27-20(15-29-13-12-26-16-29)14-19-6-4-3-5-7-19/h3-13,16,20H,14-15H2,1-2H3,(H,27,31)/t20-/m0/s1. The van der Waals surface area contributed by atoms with Crippen molar-refractivity contribution in [1.29, 1.82) is 0 Å². The van der Waals surface area contributed by atoms with Gasteiger partial charge in [0.05, 0.1) is 29.3 Å². The molecule has 158 valence electrons. The monoisotopic (exact) mass is 433 g/mol. The third-order valence-electron chi connectivity index (χ3n) is 5.16. The number of imidazole rings is 1. The van der Waals surface area contributed by atoms with Crippen molar-refractivity contribution < 1.29 is 4.79 Å². The number of hydrogen-bond donors (Lipinski definition) is 1. The SMILES string of the molecule is Cc1ccc(-n2nc(C)c(C(=O)N[C@@H](Cc3ccccc3)Cn3ccnc3)c2Cl)cc1. The van der Waals surface area contributed by atoms with Crippen LogP contribution in [0.1, 0.15) is 27.2 Å². The van der Waals surface area contributed by atoms with Crippen molar-refractivity contribution in [2.45, 2.75) is 32.9 Å². The van der Waals surface area contributed by atoms with Crippen molar-refractivity contribution in [2.24, 2.45) is 0 Å². The van der Waals surface area contributed by atoms with Crippen LogP contribution in [0.25, 0.3) is 5.69 Å². The summed E-state index contributed by atoms with van der Waals surface area (Å²) >= 11 is 6.61. The average molecular weight is 434 g/mol. The molecule has 31 heavy (non-hydrogen) atoms. The highest BCUT2D eigenvalue weighted by Crippen LogP contribution is 2.24. The Balaban J connectivity index is 1.58. The maximum Gasteiger partial charge on any atom is 0.256 e. The van der Waals surface area contributed by atoms with E-state index in [2.05, 4.69) is 27.5 Å². The lowest BCUT2D eigenvalue weighted by atomic mass is 10.1. The van der Waals surface area contributed by atoms with E-state index in [1.165, 1.54) is 0 Å². The van der Waals surface area contributed by atoms with Gasteiger partial charge in [0.15, 0.2) is 0 Å². The van der Waals surface area contributed by atoms with Crippen LogP contribution in [0.2, 0.25) is 5.15 Å².